The first-order valence-electron chi connectivity index (χ1n) is 6.36. The molecule has 0 saturated carbocycles. The van der Waals surface area contributed by atoms with Gasteiger partial charge in [0.1, 0.15) is 5.54 Å². The Morgan fingerprint density at radius 2 is 2.17 bits per heavy atom. The minimum atomic E-state index is -0.829. The first kappa shape index (κ1) is 13.1. The molecule has 1 aromatic carbocycles. The number of benzene rings is 1. The first-order valence-corrected chi connectivity index (χ1v) is 6.36. The van der Waals surface area contributed by atoms with Crippen LogP contribution in [0.5, 0.6) is 0 Å². The van der Waals surface area contributed by atoms with Crippen molar-refractivity contribution < 1.29 is 9.53 Å². The van der Waals surface area contributed by atoms with Crippen LogP contribution in [0.15, 0.2) is 30.3 Å². The van der Waals surface area contributed by atoms with Crippen LogP contribution < -0.4 is 5.73 Å². The lowest BCUT2D eigenvalue weighted by molar-refractivity contribution is -0.149. The lowest BCUT2D eigenvalue weighted by Gasteiger charge is -2.22. The lowest BCUT2D eigenvalue weighted by atomic mass is 10.0. The molecule has 1 atom stereocenters. The van der Waals surface area contributed by atoms with Crippen molar-refractivity contribution in [3.63, 3.8) is 0 Å². The van der Waals surface area contributed by atoms with Crippen LogP contribution in [-0.2, 0) is 16.1 Å². The molecule has 2 rings (SSSR count). The van der Waals surface area contributed by atoms with Gasteiger partial charge in [0, 0.05) is 19.6 Å². The second kappa shape index (κ2) is 5.50. The molecular formula is C14H20N2O2. The summed E-state index contributed by atoms with van der Waals surface area (Å²) in [5, 5.41) is 0. The average Bonchev–Trinajstić information content (AvgIpc) is 2.74. The van der Waals surface area contributed by atoms with Gasteiger partial charge in [-0.05, 0) is 18.9 Å². The van der Waals surface area contributed by atoms with Gasteiger partial charge in [-0.15, -0.1) is 0 Å². The predicted octanol–water partition coefficient (Wildman–Crippen LogP) is 1.15. The molecule has 2 N–H and O–H groups in total. The fourth-order valence-electron chi connectivity index (χ4n) is 2.33. The number of carbonyl (C=O) groups is 1. The van der Waals surface area contributed by atoms with Crippen molar-refractivity contribution in [1.82, 2.24) is 4.90 Å². The summed E-state index contributed by atoms with van der Waals surface area (Å²) in [5.74, 6) is -0.277. The molecule has 0 bridgehead atoms. The molecule has 1 fully saturated rings. The fourth-order valence-corrected chi connectivity index (χ4v) is 2.33. The molecular weight excluding hydrogens is 228 g/mol. The summed E-state index contributed by atoms with van der Waals surface area (Å²) in [6, 6.07) is 10.2. The number of esters is 1. The largest absolute Gasteiger partial charge is 0.465 e. The Bertz CT molecular complexity index is 408. The van der Waals surface area contributed by atoms with Gasteiger partial charge < -0.3 is 10.5 Å². The molecule has 1 saturated heterocycles. The molecule has 18 heavy (non-hydrogen) atoms. The third kappa shape index (κ3) is 2.89. The minimum absolute atomic E-state index is 0.277. The van der Waals surface area contributed by atoms with Gasteiger partial charge in [0.25, 0.3) is 0 Å². The Kier molecular flexibility index (Phi) is 3.99. The van der Waals surface area contributed by atoms with Gasteiger partial charge in [-0.25, -0.2) is 0 Å². The van der Waals surface area contributed by atoms with E-state index in [2.05, 4.69) is 17.0 Å². The number of likely N-dealkylation sites (tertiary alicyclic amines) is 1. The molecule has 98 valence electrons. The van der Waals surface area contributed by atoms with E-state index in [1.54, 1.807) is 6.92 Å². The standard InChI is InChI=1S/C14H20N2O2/c1-2-18-13(17)14(15)8-9-16(11-14)10-12-6-4-3-5-7-12/h3-7H,2,8-11,15H2,1H3. The van der Waals surface area contributed by atoms with Gasteiger partial charge in [-0.3, -0.25) is 9.69 Å². The molecule has 0 aromatic heterocycles. The van der Waals surface area contributed by atoms with Crippen LogP contribution in [0.1, 0.15) is 18.9 Å². The van der Waals surface area contributed by atoms with E-state index in [0.717, 1.165) is 13.1 Å². The van der Waals surface area contributed by atoms with Gasteiger partial charge >= 0.3 is 5.97 Å². The number of carbonyl (C=O) groups excluding carboxylic acids is 1. The van der Waals surface area contributed by atoms with Crippen LogP contribution in [0.4, 0.5) is 0 Å². The number of ether oxygens (including phenoxy) is 1. The van der Waals surface area contributed by atoms with E-state index in [1.807, 2.05) is 18.2 Å². The average molecular weight is 248 g/mol. The molecule has 0 aliphatic carbocycles. The van der Waals surface area contributed by atoms with E-state index in [0.29, 0.717) is 19.6 Å². The van der Waals surface area contributed by atoms with E-state index in [4.69, 9.17) is 10.5 Å². The molecule has 4 nitrogen and oxygen atoms in total. The Labute approximate surface area is 108 Å². The van der Waals surface area contributed by atoms with Crippen molar-refractivity contribution >= 4 is 5.97 Å². The second-order valence-corrected chi connectivity index (χ2v) is 4.82. The summed E-state index contributed by atoms with van der Waals surface area (Å²) in [7, 11) is 0. The van der Waals surface area contributed by atoms with Crippen molar-refractivity contribution in [2.24, 2.45) is 5.73 Å². The highest BCUT2D eigenvalue weighted by atomic mass is 16.5. The van der Waals surface area contributed by atoms with Crippen LogP contribution in [-0.4, -0.2) is 36.1 Å². The topological polar surface area (TPSA) is 55.6 Å². The molecule has 4 heteroatoms. The minimum Gasteiger partial charge on any atom is -0.465 e. The zero-order chi connectivity index (χ0) is 13.0. The number of nitrogens with two attached hydrogens (primary N) is 1. The van der Waals surface area contributed by atoms with Crippen LogP contribution in [0.25, 0.3) is 0 Å². The van der Waals surface area contributed by atoms with Gasteiger partial charge in [-0.2, -0.15) is 0 Å². The zero-order valence-corrected chi connectivity index (χ0v) is 10.8. The normalized spacial score (nSPS) is 24.1. The van der Waals surface area contributed by atoms with Crippen LogP contribution in [0.2, 0.25) is 0 Å². The van der Waals surface area contributed by atoms with E-state index in [-0.39, 0.29) is 5.97 Å². The highest BCUT2D eigenvalue weighted by Gasteiger charge is 2.42. The number of hydrogen-bond donors (Lipinski definition) is 1. The smallest absolute Gasteiger partial charge is 0.327 e. The monoisotopic (exact) mass is 248 g/mol. The van der Waals surface area contributed by atoms with Gasteiger partial charge in [-0.1, -0.05) is 30.3 Å². The van der Waals surface area contributed by atoms with Gasteiger partial charge in [0.05, 0.1) is 6.61 Å². The summed E-state index contributed by atoms with van der Waals surface area (Å²) >= 11 is 0. The summed E-state index contributed by atoms with van der Waals surface area (Å²) in [4.78, 5) is 14.0. The molecule has 0 amide bonds. The van der Waals surface area contributed by atoms with E-state index in [1.165, 1.54) is 5.56 Å². The SMILES string of the molecule is CCOC(=O)C1(N)CCN(Cc2ccccc2)C1. The van der Waals surface area contributed by atoms with Crippen molar-refractivity contribution in [3.8, 4) is 0 Å². The predicted molar refractivity (Wildman–Crippen MR) is 69.9 cm³/mol. The Morgan fingerprint density at radius 3 is 2.83 bits per heavy atom. The number of nitrogens with zero attached hydrogens (tertiary/aromatic N) is 1. The van der Waals surface area contributed by atoms with Crippen molar-refractivity contribution in [2.45, 2.75) is 25.4 Å². The maximum Gasteiger partial charge on any atom is 0.327 e. The highest BCUT2D eigenvalue weighted by molar-refractivity contribution is 5.81. The number of rotatable bonds is 4. The number of hydrogen-bond acceptors (Lipinski definition) is 4. The molecule has 0 radical (unpaired) electrons. The Balaban J connectivity index is 1.94. The maximum absolute atomic E-state index is 11.8. The first-order chi connectivity index (χ1) is 8.64. The maximum atomic E-state index is 11.8. The van der Waals surface area contributed by atoms with Crippen LogP contribution in [0.3, 0.4) is 0 Å². The summed E-state index contributed by atoms with van der Waals surface area (Å²) in [6.45, 7) is 4.43. The summed E-state index contributed by atoms with van der Waals surface area (Å²) in [5.41, 5.74) is 6.53. The quantitative estimate of drug-likeness (QED) is 0.812. The van der Waals surface area contributed by atoms with Gasteiger partial charge in [0.15, 0.2) is 0 Å². The summed E-state index contributed by atoms with van der Waals surface area (Å²) in [6.07, 6.45) is 0.665. The molecule has 0 spiro atoms. The Morgan fingerprint density at radius 1 is 1.44 bits per heavy atom. The van der Waals surface area contributed by atoms with E-state index >= 15 is 0 Å². The van der Waals surface area contributed by atoms with E-state index < -0.39 is 5.54 Å². The fraction of sp³-hybridized carbons (Fsp3) is 0.500. The van der Waals surface area contributed by atoms with Crippen LogP contribution in [0, 0.1) is 0 Å². The zero-order valence-electron chi connectivity index (χ0n) is 10.8. The van der Waals surface area contributed by atoms with Gasteiger partial charge in [0.2, 0.25) is 0 Å². The van der Waals surface area contributed by atoms with Crippen molar-refractivity contribution in [2.75, 3.05) is 19.7 Å². The van der Waals surface area contributed by atoms with E-state index in [9.17, 15) is 4.79 Å². The molecule has 1 aliphatic heterocycles. The van der Waals surface area contributed by atoms with Crippen molar-refractivity contribution in [1.29, 1.82) is 0 Å². The summed E-state index contributed by atoms with van der Waals surface area (Å²) < 4.78 is 5.04. The highest BCUT2D eigenvalue weighted by Crippen LogP contribution is 2.22. The van der Waals surface area contributed by atoms with Crippen LogP contribution >= 0.6 is 0 Å². The third-order valence-electron chi connectivity index (χ3n) is 3.31. The molecule has 1 heterocycles. The van der Waals surface area contributed by atoms with Crippen molar-refractivity contribution in [3.05, 3.63) is 35.9 Å². The Hall–Kier alpha value is -1.39. The molecule has 1 aliphatic rings. The molecule has 1 aromatic rings. The lowest BCUT2D eigenvalue weighted by Crippen LogP contribution is -2.51. The third-order valence-corrected chi connectivity index (χ3v) is 3.31. The molecule has 1 unspecified atom stereocenters. The second-order valence-electron chi connectivity index (χ2n) is 4.82.